The van der Waals surface area contributed by atoms with Crippen LogP contribution in [0.3, 0.4) is 0 Å². The highest BCUT2D eigenvalue weighted by Crippen LogP contribution is 2.47. The lowest BCUT2D eigenvalue weighted by Crippen LogP contribution is -2.25. The molecule has 2 fully saturated rings. The van der Waals surface area contributed by atoms with Gasteiger partial charge in [-0.05, 0) is 55.7 Å². The summed E-state index contributed by atoms with van der Waals surface area (Å²) in [6, 6.07) is 3.99. The maximum absolute atomic E-state index is 10.6. The summed E-state index contributed by atoms with van der Waals surface area (Å²) in [4.78, 5) is 12.8. The van der Waals surface area contributed by atoms with Crippen LogP contribution in [-0.4, -0.2) is 17.6 Å². The van der Waals surface area contributed by atoms with Gasteiger partial charge in [-0.3, -0.25) is 4.79 Å². The molecular weight excluding hydrogens is 258 g/mol. The van der Waals surface area contributed by atoms with Crippen LogP contribution in [0.25, 0.3) is 0 Å². The van der Waals surface area contributed by atoms with E-state index in [1.54, 1.807) is 11.3 Å². The molecule has 0 radical (unpaired) electrons. The van der Waals surface area contributed by atoms with Crippen LogP contribution >= 0.6 is 11.3 Å². The number of thiophene rings is 1. The molecule has 4 heteroatoms. The first-order valence-corrected chi connectivity index (χ1v) is 8.02. The predicted molar refractivity (Wildman–Crippen MR) is 76.3 cm³/mol. The van der Waals surface area contributed by atoms with E-state index >= 15 is 0 Å². The molecule has 3 atom stereocenters. The van der Waals surface area contributed by atoms with Gasteiger partial charge in [-0.25, -0.2) is 0 Å². The molecule has 0 spiro atoms. The summed E-state index contributed by atoms with van der Waals surface area (Å²) in [5.41, 5.74) is 0. The molecule has 104 valence electrons. The summed E-state index contributed by atoms with van der Waals surface area (Å²) in [5.74, 6) is 2.13. The second-order valence-corrected chi connectivity index (χ2v) is 7.26. The number of fused-ring (bicyclic) bond motifs is 2. The van der Waals surface area contributed by atoms with Crippen LogP contribution in [0.4, 0.5) is 0 Å². The summed E-state index contributed by atoms with van der Waals surface area (Å²) < 4.78 is 0. The second kappa shape index (κ2) is 5.63. The molecule has 3 rings (SSSR count). The van der Waals surface area contributed by atoms with Crippen LogP contribution in [-0.2, 0) is 17.8 Å². The van der Waals surface area contributed by atoms with Gasteiger partial charge in [0.15, 0.2) is 0 Å². The highest BCUT2D eigenvalue weighted by molar-refractivity contribution is 7.12. The number of carboxylic acid groups (broad SMARTS) is 1. The third-order valence-corrected chi connectivity index (χ3v) is 5.72. The predicted octanol–water partition coefficient (Wildman–Crippen LogP) is 2.90. The van der Waals surface area contributed by atoms with Crippen molar-refractivity contribution in [3.05, 3.63) is 21.9 Å². The Balaban J connectivity index is 1.42. The number of hydrogen-bond donors (Lipinski definition) is 2. The van der Waals surface area contributed by atoms with Gasteiger partial charge in [0.1, 0.15) is 0 Å². The van der Waals surface area contributed by atoms with Crippen LogP contribution in [0.5, 0.6) is 0 Å². The Kier molecular flexibility index (Phi) is 3.89. The van der Waals surface area contributed by atoms with Crippen molar-refractivity contribution in [2.75, 3.05) is 6.54 Å². The van der Waals surface area contributed by atoms with Crippen molar-refractivity contribution in [1.82, 2.24) is 5.32 Å². The zero-order valence-corrected chi connectivity index (χ0v) is 11.9. The second-order valence-electron chi connectivity index (χ2n) is 6.00. The first-order valence-electron chi connectivity index (χ1n) is 7.21. The third-order valence-electron chi connectivity index (χ3n) is 4.63. The zero-order valence-electron chi connectivity index (χ0n) is 11.1. The van der Waals surface area contributed by atoms with Crippen molar-refractivity contribution in [1.29, 1.82) is 0 Å². The molecule has 0 aliphatic heterocycles. The molecule has 2 aliphatic carbocycles. The molecule has 0 amide bonds. The Hall–Kier alpha value is -0.870. The van der Waals surface area contributed by atoms with Gasteiger partial charge in [-0.1, -0.05) is 6.42 Å². The van der Waals surface area contributed by atoms with Crippen molar-refractivity contribution < 1.29 is 9.90 Å². The molecule has 0 aromatic carbocycles. The molecule has 1 heterocycles. The van der Waals surface area contributed by atoms with Gasteiger partial charge in [0.05, 0.1) is 6.42 Å². The molecule has 0 saturated heterocycles. The van der Waals surface area contributed by atoms with Crippen molar-refractivity contribution in [3.63, 3.8) is 0 Å². The Morgan fingerprint density at radius 1 is 1.32 bits per heavy atom. The quantitative estimate of drug-likeness (QED) is 0.842. The highest BCUT2D eigenvalue weighted by atomic mass is 32.1. The van der Waals surface area contributed by atoms with Crippen molar-refractivity contribution in [2.45, 2.75) is 38.6 Å². The maximum Gasteiger partial charge on any atom is 0.308 e. The Morgan fingerprint density at radius 2 is 2.16 bits per heavy atom. The molecule has 2 N–H and O–H groups in total. The Labute approximate surface area is 118 Å². The first kappa shape index (κ1) is 13.1. The minimum absolute atomic E-state index is 0.150. The van der Waals surface area contributed by atoms with Crippen LogP contribution < -0.4 is 5.32 Å². The summed E-state index contributed by atoms with van der Waals surface area (Å²) in [7, 11) is 0. The maximum atomic E-state index is 10.6. The van der Waals surface area contributed by atoms with Crippen molar-refractivity contribution in [3.8, 4) is 0 Å². The van der Waals surface area contributed by atoms with E-state index in [1.165, 1.54) is 30.6 Å². The van der Waals surface area contributed by atoms with E-state index in [0.29, 0.717) is 0 Å². The van der Waals surface area contributed by atoms with Gasteiger partial charge in [-0.15, -0.1) is 11.3 Å². The largest absolute Gasteiger partial charge is 0.481 e. The zero-order chi connectivity index (χ0) is 13.2. The Morgan fingerprint density at radius 3 is 2.84 bits per heavy atom. The number of nitrogens with one attached hydrogen (secondary N) is 1. The molecule has 3 unspecified atom stereocenters. The summed E-state index contributed by atoms with van der Waals surface area (Å²) >= 11 is 1.62. The lowest BCUT2D eigenvalue weighted by Gasteiger charge is -2.21. The normalized spacial score (nSPS) is 28.9. The van der Waals surface area contributed by atoms with E-state index in [9.17, 15) is 4.79 Å². The minimum Gasteiger partial charge on any atom is -0.481 e. The van der Waals surface area contributed by atoms with E-state index in [0.717, 1.165) is 35.7 Å². The van der Waals surface area contributed by atoms with Gasteiger partial charge in [0.2, 0.25) is 0 Å². The molecule has 2 aliphatic rings. The van der Waals surface area contributed by atoms with Gasteiger partial charge in [0.25, 0.3) is 0 Å². The van der Waals surface area contributed by atoms with Gasteiger partial charge < -0.3 is 10.4 Å². The number of hydrogen-bond acceptors (Lipinski definition) is 3. The van der Waals surface area contributed by atoms with E-state index in [2.05, 4.69) is 11.4 Å². The number of carboxylic acids is 1. The summed E-state index contributed by atoms with van der Waals surface area (Å²) in [6.45, 7) is 2.02. The minimum atomic E-state index is -0.747. The topological polar surface area (TPSA) is 49.3 Å². The van der Waals surface area contributed by atoms with Crippen molar-refractivity contribution in [2.24, 2.45) is 17.8 Å². The molecule has 3 nitrogen and oxygen atoms in total. The molecule has 1 aromatic heterocycles. The number of rotatable bonds is 6. The molecule has 19 heavy (non-hydrogen) atoms. The van der Waals surface area contributed by atoms with E-state index in [-0.39, 0.29) is 6.42 Å². The monoisotopic (exact) mass is 279 g/mol. The lowest BCUT2D eigenvalue weighted by molar-refractivity contribution is -0.136. The molecule has 2 saturated carbocycles. The summed E-state index contributed by atoms with van der Waals surface area (Å²) in [6.07, 6.45) is 5.95. The van der Waals surface area contributed by atoms with Crippen LogP contribution in [0.1, 0.15) is 35.4 Å². The number of aliphatic carboxylic acids is 1. The molecule has 1 aromatic rings. The van der Waals surface area contributed by atoms with Crippen LogP contribution in [0.2, 0.25) is 0 Å². The highest BCUT2D eigenvalue weighted by Gasteiger charge is 2.38. The lowest BCUT2D eigenvalue weighted by atomic mass is 9.89. The third kappa shape index (κ3) is 3.18. The van der Waals surface area contributed by atoms with Crippen LogP contribution in [0.15, 0.2) is 12.1 Å². The van der Waals surface area contributed by atoms with Gasteiger partial charge in [-0.2, -0.15) is 0 Å². The van der Waals surface area contributed by atoms with E-state index in [4.69, 9.17) is 5.11 Å². The molecular formula is C15H21NO2S. The Bertz CT molecular complexity index is 457. The fourth-order valence-electron chi connectivity index (χ4n) is 3.77. The van der Waals surface area contributed by atoms with Gasteiger partial charge >= 0.3 is 5.97 Å². The van der Waals surface area contributed by atoms with E-state index < -0.39 is 5.97 Å². The van der Waals surface area contributed by atoms with Gasteiger partial charge in [0, 0.05) is 16.3 Å². The molecule has 2 bridgehead atoms. The fourth-order valence-corrected chi connectivity index (χ4v) is 4.75. The number of carbonyl (C=O) groups is 1. The smallest absolute Gasteiger partial charge is 0.308 e. The SMILES string of the molecule is O=C(O)Cc1ccc(CNCC2CC3CCC2C3)s1. The van der Waals surface area contributed by atoms with Crippen LogP contribution in [0, 0.1) is 17.8 Å². The van der Waals surface area contributed by atoms with E-state index in [1.807, 2.05) is 6.07 Å². The summed E-state index contributed by atoms with van der Waals surface area (Å²) in [5, 5.41) is 12.3. The van der Waals surface area contributed by atoms with Crippen molar-refractivity contribution >= 4 is 17.3 Å². The first-order chi connectivity index (χ1) is 9.20. The average Bonchev–Trinajstić information content (AvgIpc) is 3.05. The average molecular weight is 279 g/mol. The standard InChI is InChI=1S/C15H21NO2S/c17-15(18)7-13-3-4-14(19-13)9-16-8-12-6-10-1-2-11(12)5-10/h3-4,10-12,16H,1-2,5-9H2,(H,17,18). The fraction of sp³-hybridized carbons (Fsp3) is 0.667.